The van der Waals surface area contributed by atoms with Crippen molar-refractivity contribution in [2.75, 3.05) is 19.8 Å². The van der Waals surface area contributed by atoms with E-state index < -0.39 is 17.6 Å². The van der Waals surface area contributed by atoms with Crippen molar-refractivity contribution < 1.29 is 19.0 Å². The molecule has 0 spiro atoms. The molecule has 1 unspecified atom stereocenters. The van der Waals surface area contributed by atoms with E-state index in [-0.39, 0.29) is 0 Å². The minimum absolute atomic E-state index is 0.363. The second-order valence-electron chi connectivity index (χ2n) is 5.83. The molecule has 1 aliphatic heterocycles. The molecule has 2 aromatic rings. The fourth-order valence-electron chi connectivity index (χ4n) is 2.72. The second kappa shape index (κ2) is 7.23. The van der Waals surface area contributed by atoms with Gasteiger partial charge >= 0.3 is 6.09 Å². The summed E-state index contributed by atoms with van der Waals surface area (Å²) < 4.78 is 17.7. The molecule has 0 saturated carbocycles. The van der Waals surface area contributed by atoms with Crippen LogP contribution in [0.1, 0.15) is 11.7 Å². The van der Waals surface area contributed by atoms with Crippen molar-refractivity contribution in [3.8, 4) is 5.75 Å². The highest BCUT2D eigenvalue weighted by atomic mass is 79.9. The number of hydrogen-bond donors (Lipinski definition) is 1. The van der Waals surface area contributed by atoms with E-state index in [1.165, 1.54) is 0 Å². The zero-order chi connectivity index (χ0) is 17.0. The van der Waals surface area contributed by atoms with E-state index in [2.05, 4.69) is 15.9 Å². The highest BCUT2D eigenvalue weighted by Crippen LogP contribution is 2.43. The molecular formula is C18H18BrNO4. The number of rotatable bonds is 6. The topological polar surface area (TPSA) is 70.8 Å². The van der Waals surface area contributed by atoms with Crippen LogP contribution in [0.4, 0.5) is 4.79 Å². The highest BCUT2D eigenvalue weighted by molar-refractivity contribution is 9.10. The molecule has 0 aromatic heterocycles. The zero-order valence-corrected chi connectivity index (χ0v) is 14.6. The molecule has 24 heavy (non-hydrogen) atoms. The van der Waals surface area contributed by atoms with E-state index in [1.807, 2.05) is 54.6 Å². The highest BCUT2D eigenvalue weighted by Gasteiger charge is 2.49. The quantitative estimate of drug-likeness (QED) is 0.814. The van der Waals surface area contributed by atoms with Crippen LogP contribution < -0.4 is 10.5 Å². The third-order valence-corrected chi connectivity index (χ3v) is 4.54. The lowest BCUT2D eigenvalue weighted by Crippen LogP contribution is -2.52. The van der Waals surface area contributed by atoms with Crippen molar-refractivity contribution in [2.24, 2.45) is 11.1 Å². The van der Waals surface area contributed by atoms with E-state index in [9.17, 15) is 4.79 Å². The molecule has 1 saturated heterocycles. The molecule has 1 aliphatic rings. The predicted octanol–water partition coefficient (Wildman–Crippen LogP) is 3.68. The average molecular weight is 392 g/mol. The Morgan fingerprint density at radius 1 is 1.17 bits per heavy atom. The molecule has 6 heteroatoms. The lowest BCUT2D eigenvalue weighted by atomic mass is 9.77. The summed E-state index contributed by atoms with van der Waals surface area (Å²) >= 11 is 3.39. The van der Waals surface area contributed by atoms with Gasteiger partial charge in [-0.3, -0.25) is 0 Å². The Hall–Kier alpha value is -2.05. The predicted molar refractivity (Wildman–Crippen MR) is 92.7 cm³/mol. The van der Waals surface area contributed by atoms with Crippen molar-refractivity contribution in [2.45, 2.75) is 6.10 Å². The van der Waals surface area contributed by atoms with E-state index in [0.717, 1.165) is 15.8 Å². The van der Waals surface area contributed by atoms with Gasteiger partial charge in [0.05, 0.1) is 18.6 Å². The number of carbonyl (C=O) groups is 1. The Morgan fingerprint density at radius 3 is 2.38 bits per heavy atom. The van der Waals surface area contributed by atoms with E-state index in [0.29, 0.717) is 19.8 Å². The number of ether oxygens (including phenoxy) is 3. The van der Waals surface area contributed by atoms with Crippen molar-refractivity contribution in [3.63, 3.8) is 0 Å². The third-order valence-electron chi connectivity index (χ3n) is 4.01. The van der Waals surface area contributed by atoms with Gasteiger partial charge in [-0.25, -0.2) is 4.79 Å². The summed E-state index contributed by atoms with van der Waals surface area (Å²) in [5, 5.41) is 0. The molecule has 2 aromatic carbocycles. The molecule has 0 bridgehead atoms. The largest absolute Gasteiger partial charge is 0.493 e. The summed E-state index contributed by atoms with van der Waals surface area (Å²) in [5.41, 5.74) is 5.70. The zero-order valence-electron chi connectivity index (χ0n) is 13.0. The van der Waals surface area contributed by atoms with Crippen LogP contribution in [-0.2, 0) is 9.47 Å². The number of primary amides is 1. The van der Waals surface area contributed by atoms with Crippen LogP contribution in [-0.4, -0.2) is 25.9 Å². The summed E-state index contributed by atoms with van der Waals surface area (Å²) in [6.07, 6.45) is -1.32. The lowest BCUT2D eigenvalue weighted by molar-refractivity contribution is -0.188. The van der Waals surface area contributed by atoms with E-state index in [1.54, 1.807) is 0 Å². The van der Waals surface area contributed by atoms with Gasteiger partial charge < -0.3 is 19.9 Å². The molecule has 5 nitrogen and oxygen atoms in total. The summed E-state index contributed by atoms with van der Waals surface area (Å²) in [6.45, 7) is 1.24. The standard InChI is InChI=1S/C18H18BrNO4/c19-14-6-8-15(9-7-14)23-12-18(10-22-11-18)16(24-17(20)21)13-4-2-1-3-5-13/h1-9,16H,10-12H2,(H2,20,21). The van der Waals surface area contributed by atoms with Crippen molar-refractivity contribution in [1.82, 2.24) is 0 Å². The first-order valence-corrected chi connectivity index (χ1v) is 8.35. The van der Waals surface area contributed by atoms with Gasteiger partial charge in [0.15, 0.2) is 0 Å². The molecule has 1 heterocycles. The first-order chi connectivity index (χ1) is 11.6. The molecule has 1 amide bonds. The van der Waals surface area contributed by atoms with Gasteiger partial charge in [0.2, 0.25) is 0 Å². The van der Waals surface area contributed by atoms with E-state index >= 15 is 0 Å². The van der Waals surface area contributed by atoms with Crippen molar-refractivity contribution >= 4 is 22.0 Å². The molecular weight excluding hydrogens is 374 g/mol. The van der Waals surface area contributed by atoms with Gasteiger partial charge in [-0.05, 0) is 29.8 Å². The van der Waals surface area contributed by atoms with Gasteiger partial charge in [0.25, 0.3) is 0 Å². The third kappa shape index (κ3) is 3.71. The first kappa shape index (κ1) is 16.8. The van der Waals surface area contributed by atoms with Gasteiger partial charge in [-0.15, -0.1) is 0 Å². The van der Waals surface area contributed by atoms with Gasteiger partial charge in [0.1, 0.15) is 18.5 Å². The van der Waals surface area contributed by atoms with E-state index in [4.69, 9.17) is 19.9 Å². The summed E-state index contributed by atoms with van der Waals surface area (Å²) in [6, 6.07) is 17.1. The Balaban J connectivity index is 1.80. The summed E-state index contributed by atoms with van der Waals surface area (Å²) in [4.78, 5) is 11.4. The van der Waals surface area contributed by atoms with Gasteiger partial charge in [-0.1, -0.05) is 46.3 Å². The number of benzene rings is 2. The lowest BCUT2D eigenvalue weighted by Gasteiger charge is -2.45. The van der Waals surface area contributed by atoms with Gasteiger partial charge in [0, 0.05) is 4.47 Å². The Morgan fingerprint density at radius 2 is 1.83 bits per heavy atom. The minimum Gasteiger partial charge on any atom is -0.493 e. The number of hydrogen-bond acceptors (Lipinski definition) is 4. The number of carbonyl (C=O) groups excluding carboxylic acids is 1. The van der Waals surface area contributed by atoms with Crippen LogP contribution >= 0.6 is 15.9 Å². The van der Waals surface area contributed by atoms with Crippen LogP contribution in [0.2, 0.25) is 0 Å². The Bertz CT molecular complexity index is 686. The molecule has 0 radical (unpaired) electrons. The summed E-state index contributed by atoms with van der Waals surface area (Å²) in [5.74, 6) is 0.746. The molecule has 2 N–H and O–H groups in total. The number of halogens is 1. The summed E-state index contributed by atoms with van der Waals surface area (Å²) in [7, 11) is 0. The van der Waals surface area contributed by atoms with Crippen LogP contribution in [0.3, 0.4) is 0 Å². The number of amides is 1. The maximum absolute atomic E-state index is 11.4. The minimum atomic E-state index is -0.807. The Kier molecular flexibility index (Phi) is 5.06. The maximum atomic E-state index is 11.4. The SMILES string of the molecule is NC(=O)OC(c1ccccc1)C1(COc2ccc(Br)cc2)COC1. The average Bonchev–Trinajstić information content (AvgIpc) is 2.55. The molecule has 126 valence electrons. The van der Waals surface area contributed by atoms with Crippen LogP contribution in [0.5, 0.6) is 5.75 Å². The van der Waals surface area contributed by atoms with Crippen LogP contribution in [0, 0.1) is 5.41 Å². The monoisotopic (exact) mass is 391 g/mol. The van der Waals surface area contributed by atoms with Crippen LogP contribution in [0.15, 0.2) is 59.1 Å². The number of nitrogens with two attached hydrogens (primary N) is 1. The fraction of sp³-hybridized carbons (Fsp3) is 0.278. The fourth-order valence-corrected chi connectivity index (χ4v) is 2.99. The van der Waals surface area contributed by atoms with Crippen LogP contribution in [0.25, 0.3) is 0 Å². The Labute approximate surface area is 148 Å². The normalized spacial score (nSPS) is 16.7. The smallest absolute Gasteiger partial charge is 0.405 e. The van der Waals surface area contributed by atoms with Gasteiger partial charge in [-0.2, -0.15) is 0 Å². The second-order valence-corrected chi connectivity index (χ2v) is 6.74. The molecule has 3 rings (SSSR count). The first-order valence-electron chi connectivity index (χ1n) is 7.56. The van der Waals surface area contributed by atoms with Crippen molar-refractivity contribution in [3.05, 3.63) is 64.6 Å². The molecule has 1 fully saturated rings. The molecule has 0 aliphatic carbocycles. The van der Waals surface area contributed by atoms with Crippen molar-refractivity contribution in [1.29, 1.82) is 0 Å². The molecule has 1 atom stereocenters. The maximum Gasteiger partial charge on any atom is 0.405 e.